The number of aliphatic hydroxyl groups is 1. The van der Waals surface area contributed by atoms with E-state index in [-0.39, 0.29) is 37.1 Å². The van der Waals surface area contributed by atoms with Crippen LogP contribution in [-0.4, -0.2) is 68.5 Å². The predicted molar refractivity (Wildman–Crippen MR) is 189 cm³/mol. The second kappa shape index (κ2) is 19.6. The van der Waals surface area contributed by atoms with Gasteiger partial charge in [0.05, 0.1) is 22.2 Å². The highest BCUT2D eigenvalue weighted by atomic mass is 32.1. The van der Waals surface area contributed by atoms with E-state index in [1.807, 2.05) is 57.5 Å². The van der Waals surface area contributed by atoms with Crippen LogP contribution in [0.2, 0.25) is 0 Å². The van der Waals surface area contributed by atoms with Gasteiger partial charge >= 0.3 is 5.97 Å². The molecule has 0 radical (unpaired) electrons. The molecule has 11 heteroatoms. The number of carbonyl (C=O) groups is 4. The van der Waals surface area contributed by atoms with Gasteiger partial charge in [-0.2, -0.15) is 0 Å². The van der Waals surface area contributed by atoms with Crippen molar-refractivity contribution >= 4 is 35.0 Å². The molecule has 3 unspecified atom stereocenters. The van der Waals surface area contributed by atoms with Crippen LogP contribution in [0.5, 0.6) is 0 Å². The second-order valence-electron chi connectivity index (χ2n) is 14.2. The van der Waals surface area contributed by atoms with E-state index >= 15 is 0 Å². The van der Waals surface area contributed by atoms with Crippen molar-refractivity contribution < 1.29 is 29.4 Å². The van der Waals surface area contributed by atoms with Crippen LogP contribution in [-0.2, 0) is 25.7 Å². The molecule has 1 saturated heterocycles. The van der Waals surface area contributed by atoms with Gasteiger partial charge in [0.15, 0.2) is 0 Å². The zero-order valence-electron chi connectivity index (χ0n) is 29.3. The largest absolute Gasteiger partial charge is 0.481 e. The van der Waals surface area contributed by atoms with E-state index in [9.17, 15) is 24.3 Å². The number of rotatable bonds is 20. The van der Waals surface area contributed by atoms with Crippen molar-refractivity contribution in [2.75, 3.05) is 6.54 Å². The van der Waals surface area contributed by atoms with Crippen LogP contribution >= 0.6 is 11.3 Å². The summed E-state index contributed by atoms with van der Waals surface area (Å²) >= 11 is 1.59. The Morgan fingerprint density at radius 2 is 1.48 bits per heavy atom. The SMILES string of the molecule is Cc1ncsc1-c1ccc(CNC(=O)C2CC(O)CN2C(=O)C(NC(=O)CCCCCCCCCCCCCC(=O)O)C(C)(C)C)cc1. The summed E-state index contributed by atoms with van der Waals surface area (Å²) in [4.78, 5) is 57.5. The lowest BCUT2D eigenvalue weighted by molar-refractivity contribution is -0.144. The number of carboxylic acid groups (broad SMARTS) is 1. The topological polar surface area (TPSA) is 149 Å². The number of likely N-dealkylation sites (tertiary alicyclic amines) is 1. The number of amides is 3. The van der Waals surface area contributed by atoms with Gasteiger partial charge in [-0.15, -0.1) is 11.3 Å². The van der Waals surface area contributed by atoms with Crippen LogP contribution in [0.15, 0.2) is 29.8 Å². The van der Waals surface area contributed by atoms with Gasteiger partial charge in [0.25, 0.3) is 0 Å². The van der Waals surface area contributed by atoms with Crippen LogP contribution in [0, 0.1) is 12.3 Å². The minimum Gasteiger partial charge on any atom is -0.481 e. The fourth-order valence-electron chi connectivity index (χ4n) is 6.17. The Morgan fingerprint density at radius 3 is 2.00 bits per heavy atom. The molecule has 2 heterocycles. The molecule has 3 rings (SSSR count). The fraction of sp³-hybridized carbons (Fsp3) is 0.649. The van der Waals surface area contributed by atoms with Crippen LogP contribution in [0.25, 0.3) is 10.4 Å². The summed E-state index contributed by atoms with van der Waals surface area (Å²) in [5, 5.41) is 25.1. The highest BCUT2D eigenvalue weighted by Crippen LogP contribution is 2.28. The van der Waals surface area contributed by atoms with Crippen molar-refractivity contribution in [3.63, 3.8) is 0 Å². The monoisotopic (exact) mass is 684 g/mol. The van der Waals surface area contributed by atoms with Crippen molar-refractivity contribution in [1.29, 1.82) is 0 Å². The van der Waals surface area contributed by atoms with Crippen molar-refractivity contribution in [2.24, 2.45) is 5.41 Å². The lowest BCUT2D eigenvalue weighted by atomic mass is 9.85. The van der Waals surface area contributed by atoms with Crippen molar-refractivity contribution in [3.8, 4) is 10.4 Å². The van der Waals surface area contributed by atoms with Gasteiger partial charge in [0.2, 0.25) is 17.7 Å². The molecule has 48 heavy (non-hydrogen) atoms. The Hall–Kier alpha value is -3.31. The molecule has 266 valence electrons. The van der Waals surface area contributed by atoms with E-state index in [1.54, 1.807) is 11.3 Å². The molecule has 0 aliphatic carbocycles. The molecule has 0 saturated carbocycles. The number of aliphatic hydroxyl groups excluding tert-OH is 1. The number of carbonyl (C=O) groups excluding carboxylic acids is 3. The van der Waals surface area contributed by atoms with Crippen molar-refractivity contribution in [2.45, 2.75) is 142 Å². The number of carboxylic acids is 1. The maximum atomic E-state index is 13.8. The third kappa shape index (κ3) is 13.0. The molecule has 1 aliphatic heterocycles. The third-order valence-electron chi connectivity index (χ3n) is 9.01. The lowest BCUT2D eigenvalue weighted by Gasteiger charge is -2.35. The van der Waals surface area contributed by atoms with Gasteiger partial charge < -0.3 is 25.7 Å². The van der Waals surface area contributed by atoms with Gasteiger partial charge in [-0.3, -0.25) is 19.2 Å². The first kappa shape index (κ1) is 39.1. The van der Waals surface area contributed by atoms with Crippen molar-refractivity contribution in [3.05, 3.63) is 41.0 Å². The number of aromatic nitrogens is 1. The minimum atomic E-state index is -0.822. The van der Waals surface area contributed by atoms with Gasteiger partial charge in [-0.05, 0) is 36.3 Å². The lowest BCUT2D eigenvalue weighted by Crippen LogP contribution is -2.57. The Labute approximate surface area is 290 Å². The number of aliphatic carboxylic acids is 1. The van der Waals surface area contributed by atoms with Gasteiger partial charge in [-0.25, -0.2) is 4.98 Å². The summed E-state index contributed by atoms with van der Waals surface area (Å²) in [6.45, 7) is 8.00. The summed E-state index contributed by atoms with van der Waals surface area (Å²) < 4.78 is 0. The van der Waals surface area contributed by atoms with Crippen LogP contribution in [0.4, 0.5) is 0 Å². The molecule has 0 spiro atoms. The number of hydrogen-bond donors (Lipinski definition) is 4. The quantitative estimate of drug-likeness (QED) is 0.118. The van der Waals surface area contributed by atoms with Gasteiger partial charge in [0, 0.05) is 32.4 Å². The molecular weight excluding hydrogens is 628 g/mol. The average Bonchev–Trinajstić information content (AvgIpc) is 3.65. The van der Waals surface area contributed by atoms with E-state index < -0.39 is 29.6 Å². The zero-order chi connectivity index (χ0) is 35.1. The summed E-state index contributed by atoms with van der Waals surface area (Å²) in [6, 6.07) is 6.30. The van der Waals surface area contributed by atoms with Gasteiger partial charge in [-0.1, -0.05) is 103 Å². The van der Waals surface area contributed by atoms with Crippen molar-refractivity contribution in [1.82, 2.24) is 20.5 Å². The number of benzene rings is 1. The molecule has 1 aliphatic rings. The first-order valence-electron chi connectivity index (χ1n) is 17.6. The van der Waals surface area contributed by atoms with E-state index in [4.69, 9.17) is 5.11 Å². The first-order chi connectivity index (χ1) is 22.9. The number of hydrogen-bond acceptors (Lipinski definition) is 7. The van der Waals surface area contributed by atoms with Gasteiger partial charge in [0.1, 0.15) is 12.1 Å². The summed E-state index contributed by atoms with van der Waals surface area (Å²) in [5.74, 6) is -1.57. The van der Waals surface area contributed by atoms with E-state index in [2.05, 4.69) is 15.6 Å². The van der Waals surface area contributed by atoms with E-state index in [0.29, 0.717) is 13.0 Å². The highest BCUT2D eigenvalue weighted by Gasteiger charge is 2.44. The molecule has 1 fully saturated rings. The molecule has 3 amide bonds. The number of β-amino-alcohol motifs (C(OH)–C–C–N with tert-alkyl or cyclic N) is 1. The molecule has 10 nitrogen and oxygen atoms in total. The number of unbranched alkanes of at least 4 members (excludes halogenated alkanes) is 10. The molecule has 2 aromatic rings. The van der Waals surface area contributed by atoms with Crippen LogP contribution in [0.1, 0.15) is 122 Å². The molecule has 0 bridgehead atoms. The second-order valence-corrected chi connectivity index (χ2v) is 15.1. The molecule has 3 atom stereocenters. The first-order valence-corrected chi connectivity index (χ1v) is 18.5. The number of nitrogens with zero attached hydrogens (tertiary/aromatic N) is 2. The number of thiazole rings is 1. The van der Waals surface area contributed by atoms with Crippen LogP contribution < -0.4 is 10.6 Å². The standard InChI is InChI=1S/C37H56N4O6S/c1-26-33(48-25-39-26)28-20-18-27(19-21-28)23-38-35(46)30-22-29(42)24-41(30)36(47)34(37(2,3)4)40-31(43)16-14-12-10-8-6-5-7-9-11-13-15-17-32(44)45/h18-21,25,29-30,34,42H,5-17,22-24H2,1-4H3,(H,38,46)(H,40,43)(H,44,45). The number of nitrogens with one attached hydrogen (secondary N) is 2. The summed E-state index contributed by atoms with van der Waals surface area (Å²) in [6.07, 6.45) is 11.3. The van der Waals surface area contributed by atoms with E-state index in [1.165, 1.54) is 17.7 Å². The fourth-order valence-corrected chi connectivity index (χ4v) is 6.98. The Balaban J connectivity index is 1.41. The Kier molecular flexibility index (Phi) is 16.0. The van der Waals surface area contributed by atoms with E-state index in [0.717, 1.165) is 79.5 Å². The Morgan fingerprint density at radius 1 is 0.917 bits per heavy atom. The van der Waals surface area contributed by atoms with Crippen LogP contribution in [0.3, 0.4) is 0 Å². The summed E-state index contributed by atoms with van der Waals surface area (Å²) in [7, 11) is 0. The predicted octanol–water partition coefficient (Wildman–Crippen LogP) is 6.38. The highest BCUT2D eigenvalue weighted by molar-refractivity contribution is 7.13. The molecule has 1 aromatic heterocycles. The average molecular weight is 685 g/mol. The number of aryl methyl sites for hydroxylation is 1. The molecule has 1 aromatic carbocycles. The molecular formula is C37H56N4O6S. The normalized spacial score (nSPS) is 16.9. The maximum absolute atomic E-state index is 13.8. The maximum Gasteiger partial charge on any atom is 0.303 e. The summed E-state index contributed by atoms with van der Waals surface area (Å²) in [5.41, 5.74) is 4.21. The smallest absolute Gasteiger partial charge is 0.303 e. The Bertz CT molecular complexity index is 1320. The third-order valence-corrected chi connectivity index (χ3v) is 9.98. The zero-order valence-corrected chi connectivity index (χ0v) is 30.1. The minimum absolute atomic E-state index is 0.0486. The molecule has 4 N–H and O–H groups in total.